The third-order valence-electron chi connectivity index (χ3n) is 4.43. The van der Waals surface area contributed by atoms with Crippen molar-refractivity contribution in [3.63, 3.8) is 0 Å². The molecule has 0 aromatic heterocycles. The molecule has 78 valence electrons. The van der Waals surface area contributed by atoms with Crippen LogP contribution in [0.1, 0.15) is 18.4 Å². The van der Waals surface area contributed by atoms with Gasteiger partial charge in [-0.1, -0.05) is 6.07 Å². The molecule has 2 fully saturated rings. The van der Waals surface area contributed by atoms with Gasteiger partial charge in [0.25, 0.3) is 0 Å². The fourth-order valence-electron chi connectivity index (χ4n) is 3.58. The van der Waals surface area contributed by atoms with Gasteiger partial charge in [-0.3, -0.25) is 0 Å². The van der Waals surface area contributed by atoms with Crippen molar-refractivity contribution in [3.05, 3.63) is 23.8 Å². The summed E-state index contributed by atoms with van der Waals surface area (Å²) in [5, 5.41) is 0. The van der Waals surface area contributed by atoms with Crippen LogP contribution in [0.3, 0.4) is 0 Å². The largest absolute Gasteiger partial charge is 0.399 e. The summed E-state index contributed by atoms with van der Waals surface area (Å²) in [5.41, 5.74) is 9.73. The second kappa shape index (κ2) is 2.49. The van der Waals surface area contributed by atoms with E-state index in [2.05, 4.69) is 17.0 Å². The van der Waals surface area contributed by atoms with Gasteiger partial charge in [-0.25, -0.2) is 0 Å². The van der Waals surface area contributed by atoms with Crippen molar-refractivity contribution in [3.8, 4) is 0 Å². The maximum Gasteiger partial charge on any atom is 0.0422 e. The van der Waals surface area contributed by atoms with Crippen LogP contribution in [-0.2, 0) is 6.42 Å². The van der Waals surface area contributed by atoms with Gasteiger partial charge in [0.2, 0.25) is 0 Å². The van der Waals surface area contributed by atoms with E-state index in [-0.39, 0.29) is 0 Å². The lowest BCUT2D eigenvalue weighted by atomic mass is 9.94. The van der Waals surface area contributed by atoms with E-state index < -0.39 is 0 Å². The number of hydrogen-bond donors (Lipinski definition) is 1. The lowest BCUT2D eigenvalue weighted by Gasteiger charge is -2.36. The van der Waals surface area contributed by atoms with Gasteiger partial charge < -0.3 is 10.6 Å². The van der Waals surface area contributed by atoms with Gasteiger partial charge in [0, 0.05) is 24.0 Å². The predicted molar refractivity (Wildman–Crippen MR) is 61.9 cm³/mol. The summed E-state index contributed by atoms with van der Waals surface area (Å²) in [4.78, 5) is 2.62. The monoisotopic (exact) mass is 200 g/mol. The van der Waals surface area contributed by atoms with Crippen LogP contribution in [0.25, 0.3) is 0 Å². The normalized spacial score (nSPS) is 35.7. The first-order chi connectivity index (χ1) is 7.33. The molecular formula is C13H16N2. The smallest absolute Gasteiger partial charge is 0.0422 e. The molecule has 1 aromatic rings. The van der Waals surface area contributed by atoms with Gasteiger partial charge in [0.15, 0.2) is 0 Å². The summed E-state index contributed by atoms with van der Waals surface area (Å²) in [6.45, 7) is 1.28. The molecule has 2 aliphatic heterocycles. The maximum atomic E-state index is 5.88. The summed E-state index contributed by atoms with van der Waals surface area (Å²) in [7, 11) is 0. The minimum atomic E-state index is 0.837. The van der Waals surface area contributed by atoms with E-state index in [1.807, 2.05) is 6.07 Å². The van der Waals surface area contributed by atoms with Crippen molar-refractivity contribution in [2.24, 2.45) is 11.8 Å². The average molecular weight is 200 g/mol. The van der Waals surface area contributed by atoms with Crippen LogP contribution in [0, 0.1) is 11.8 Å². The van der Waals surface area contributed by atoms with Crippen LogP contribution in [0.2, 0.25) is 0 Å². The Morgan fingerprint density at radius 2 is 2.27 bits per heavy atom. The fraction of sp³-hybridized carbons (Fsp3) is 0.538. The van der Waals surface area contributed by atoms with Gasteiger partial charge >= 0.3 is 0 Å². The van der Waals surface area contributed by atoms with Crippen molar-refractivity contribution in [1.82, 2.24) is 0 Å². The minimum absolute atomic E-state index is 0.837. The van der Waals surface area contributed by atoms with Crippen LogP contribution in [-0.4, -0.2) is 12.6 Å². The van der Waals surface area contributed by atoms with Crippen LogP contribution in [0.5, 0.6) is 0 Å². The van der Waals surface area contributed by atoms with E-state index in [0.29, 0.717) is 0 Å². The molecule has 0 spiro atoms. The molecule has 1 saturated carbocycles. The molecule has 1 aromatic carbocycles. The third kappa shape index (κ3) is 0.996. The quantitative estimate of drug-likeness (QED) is 0.649. The molecule has 1 aliphatic carbocycles. The van der Waals surface area contributed by atoms with E-state index in [4.69, 9.17) is 5.73 Å². The highest BCUT2D eigenvalue weighted by Crippen LogP contribution is 2.54. The zero-order valence-electron chi connectivity index (χ0n) is 8.82. The van der Waals surface area contributed by atoms with Crippen molar-refractivity contribution < 1.29 is 0 Å². The Morgan fingerprint density at radius 1 is 1.33 bits per heavy atom. The van der Waals surface area contributed by atoms with Gasteiger partial charge in [0.1, 0.15) is 0 Å². The molecule has 2 nitrogen and oxygen atoms in total. The molecular weight excluding hydrogens is 184 g/mol. The zero-order valence-corrected chi connectivity index (χ0v) is 8.82. The molecule has 15 heavy (non-hydrogen) atoms. The SMILES string of the molecule is Nc1ccc2c(c1)N1CC3CC3C1CC2. The first kappa shape index (κ1) is 8.03. The molecule has 3 aliphatic rings. The third-order valence-corrected chi connectivity index (χ3v) is 4.43. The molecule has 2 heterocycles. The second-order valence-corrected chi connectivity index (χ2v) is 5.31. The van der Waals surface area contributed by atoms with E-state index in [0.717, 1.165) is 23.6 Å². The molecule has 3 unspecified atom stereocenters. The number of rotatable bonds is 0. The number of fused-ring (bicyclic) bond motifs is 5. The molecule has 3 atom stereocenters. The zero-order chi connectivity index (χ0) is 9.99. The summed E-state index contributed by atoms with van der Waals surface area (Å²) >= 11 is 0. The first-order valence-corrected chi connectivity index (χ1v) is 5.98. The van der Waals surface area contributed by atoms with Crippen molar-refractivity contribution in [2.45, 2.75) is 25.3 Å². The van der Waals surface area contributed by atoms with Crippen LogP contribution >= 0.6 is 0 Å². The van der Waals surface area contributed by atoms with Crippen molar-refractivity contribution in [1.29, 1.82) is 0 Å². The number of nitrogens with two attached hydrogens (primary N) is 1. The summed E-state index contributed by atoms with van der Waals surface area (Å²) in [6.07, 6.45) is 4.09. The topological polar surface area (TPSA) is 29.3 Å². The Morgan fingerprint density at radius 3 is 3.20 bits per heavy atom. The highest BCUT2D eigenvalue weighted by Gasteiger charge is 2.53. The van der Waals surface area contributed by atoms with Gasteiger partial charge in [-0.05, 0) is 48.8 Å². The van der Waals surface area contributed by atoms with Crippen LogP contribution < -0.4 is 10.6 Å². The van der Waals surface area contributed by atoms with Gasteiger partial charge in [0.05, 0.1) is 0 Å². The van der Waals surface area contributed by atoms with Gasteiger partial charge in [-0.2, -0.15) is 0 Å². The number of nitrogen functional groups attached to an aromatic ring is 1. The van der Waals surface area contributed by atoms with Crippen molar-refractivity contribution >= 4 is 11.4 Å². The predicted octanol–water partition coefficient (Wildman–Crippen LogP) is 2.04. The number of benzene rings is 1. The molecule has 0 bridgehead atoms. The number of anilines is 2. The molecule has 1 saturated heterocycles. The molecule has 2 heteroatoms. The maximum absolute atomic E-state index is 5.88. The lowest BCUT2D eigenvalue weighted by molar-refractivity contribution is 0.531. The Bertz CT molecular complexity index is 427. The number of nitrogens with zero attached hydrogens (tertiary/aromatic N) is 1. The number of aryl methyl sites for hydroxylation is 1. The summed E-state index contributed by atoms with van der Waals surface area (Å²) in [6, 6.07) is 7.26. The first-order valence-electron chi connectivity index (χ1n) is 5.98. The average Bonchev–Trinajstić information content (AvgIpc) is 2.91. The molecule has 0 amide bonds. The van der Waals surface area contributed by atoms with Crippen LogP contribution in [0.4, 0.5) is 11.4 Å². The molecule has 4 rings (SSSR count). The standard InChI is InChI=1S/C13H16N2/c14-10-3-1-8-2-4-12-11-5-9(11)7-15(12)13(8)6-10/h1,3,6,9,11-12H,2,4-5,7,14H2. The Balaban J connectivity index is 1.81. The minimum Gasteiger partial charge on any atom is -0.399 e. The van der Waals surface area contributed by atoms with E-state index >= 15 is 0 Å². The number of piperidine rings is 1. The molecule has 2 N–H and O–H groups in total. The highest BCUT2D eigenvalue weighted by atomic mass is 15.2. The van der Waals surface area contributed by atoms with E-state index in [1.165, 1.54) is 37.1 Å². The van der Waals surface area contributed by atoms with E-state index in [9.17, 15) is 0 Å². The summed E-state index contributed by atoms with van der Waals surface area (Å²) in [5.74, 6) is 2.02. The fourth-order valence-corrected chi connectivity index (χ4v) is 3.58. The Labute approximate surface area is 90.1 Å². The summed E-state index contributed by atoms with van der Waals surface area (Å²) < 4.78 is 0. The number of hydrogen-bond acceptors (Lipinski definition) is 2. The second-order valence-electron chi connectivity index (χ2n) is 5.31. The van der Waals surface area contributed by atoms with E-state index in [1.54, 1.807) is 0 Å². The van der Waals surface area contributed by atoms with Gasteiger partial charge in [-0.15, -0.1) is 0 Å². The lowest BCUT2D eigenvalue weighted by Crippen LogP contribution is -2.37. The highest BCUT2D eigenvalue weighted by molar-refractivity contribution is 5.64. The Hall–Kier alpha value is -1.18. The van der Waals surface area contributed by atoms with Crippen molar-refractivity contribution in [2.75, 3.05) is 17.2 Å². The van der Waals surface area contributed by atoms with Crippen LogP contribution in [0.15, 0.2) is 18.2 Å². The molecule has 0 radical (unpaired) electrons. The Kier molecular flexibility index (Phi) is 1.33.